The van der Waals surface area contributed by atoms with Gasteiger partial charge in [0.05, 0.1) is 12.0 Å². The van der Waals surface area contributed by atoms with E-state index in [-0.39, 0.29) is 22.9 Å². The van der Waals surface area contributed by atoms with Crippen LogP contribution >= 0.6 is 0 Å². The number of hydrogen-bond acceptors (Lipinski definition) is 2. The average Bonchev–Trinajstić information content (AvgIpc) is 3.44. The predicted octanol–water partition coefficient (Wildman–Crippen LogP) is 8.12. The molecule has 6 aliphatic carbocycles. The van der Waals surface area contributed by atoms with Crippen LogP contribution in [-0.2, 0) is 4.79 Å². The maximum Gasteiger partial charge on any atom is 0.306 e. The molecule has 3 nitrogen and oxygen atoms in total. The molecule has 0 radical (unpaired) electrons. The number of hydrogen-bond donors (Lipinski definition) is 2. The van der Waals surface area contributed by atoms with E-state index < -0.39 is 5.97 Å². The van der Waals surface area contributed by atoms with Gasteiger partial charge in [-0.05, 0) is 140 Å². The highest BCUT2D eigenvalue weighted by Crippen LogP contribution is 2.70. The number of aliphatic hydroxyl groups excluding tert-OH is 1. The monoisotopic (exact) mass is 510 g/mol. The van der Waals surface area contributed by atoms with Crippen molar-refractivity contribution in [3.63, 3.8) is 0 Å². The highest BCUT2D eigenvalue weighted by Gasteiger charge is 2.63. The largest absolute Gasteiger partial charge is 0.481 e. The second-order valence-corrected chi connectivity index (χ2v) is 16.4. The minimum atomic E-state index is -0.528. The topological polar surface area (TPSA) is 57.5 Å². The van der Waals surface area contributed by atoms with Crippen LogP contribution in [0.15, 0.2) is 11.6 Å². The van der Waals surface area contributed by atoms with Crippen molar-refractivity contribution in [2.75, 3.05) is 0 Å². The summed E-state index contributed by atoms with van der Waals surface area (Å²) in [6.07, 6.45) is 16.5. The Kier molecular flexibility index (Phi) is 6.12. The lowest BCUT2D eigenvalue weighted by molar-refractivity contribution is -0.150. The van der Waals surface area contributed by atoms with Crippen molar-refractivity contribution in [3.8, 4) is 0 Å². The molecular formula is C34H54O3. The zero-order valence-electron chi connectivity index (χ0n) is 24.6. The minimum absolute atomic E-state index is 0.133. The quantitative estimate of drug-likeness (QED) is 0.367. The van der Waals surface area contributed by atoms with Crippen molar-refractivity contribution >= 4 is 5.97 Å². The molecule has 6 rings (SSSR count). The number of aliphatic hydroxyl groups is 1. The Morgan fingerprint density at radius 3 is 2.43 bits per heavy atom. The third-order valence-corrected chi connectivity index (χ3v) is 14.6. The molecule has 0 spiro atoms. The van der Waals surface area contributed by atoms with Gasteiger partial charge in [0.2, 0.25) is 0 Å². The van der Waals surface area contributed by atoms with Crippen molar-refractivity contribution in [1.29, 1.82) is 0 Å². The van der Waals surface area contributed by atoms with Gasteiger partial charge in [-0.1, -0.05) is 53.2 Å². The first-order valence-corrected chi connectivity index (χ1v) is 15.9. The van der Waals surface area contributed by atoms with Gasteiger partial charge in [-0.25, -0.2) is 0 Å². The molecule has 0 aromatic heterocycles. The Morgan fingerprint density at radius 2 is 1.76 bits per heavy atom. The number of carboxylic acids is 1. The maximum absolute atomic E-state index is 12.9. The SMILES string of the molecule is C[C@H](CC(C(=O)O)C1C2(C)CCC(C2)C1(C)C)[C@H]1CC[C@H]2[C@@H]3CC=C4C[C@@H](O)CC[C@]4(C)[C@H]3CC[C@]12C. The first-order valence-electron chi connectivity index (χ1n) is 15.9. The van der Waals surface area contributed by atoms with Crippen LogP contribution in [0.3, 0.4) is 0 Å². The summed E-state index contributed by atoms with van der Waals surface area (Å²) in [5.41, 5.74) is 2.57. The van der Waals surface area contributed by atoms with Crippen LogP contribution in [0.5, 0.6) is 0 Å². The second-order valence-electron chi connectivity index (χ2n) is 16.4. The van der Waals surface area contributed by atoms with Crippen LogP contribution < -0.4 is 0 Å². The van der Waals surface area contributed by atoms with Crippen molar-refractivity contribution in [2.45, 2.75) is 125 Å². The fraction of sp³-hybridized carbons (Fsp3) is 0.912. The van der Waals surface area contributed by atoms with E-state index in [0.29, 0.717) is 34.5 Å². The summed E-state index contributed by atoms with van der Waals surface area (Å²) in [6.45, 7) is 14.7. The molecule has 0 heterocycles. The molecule has 0 aromatic carbocycles. The summed E-state index contributed by atoms with van der Waals surface area (Å²) in [5, 5.41) is 20.9. The van der Waals surface area contributed by atoms with E-state index in [4.69, 9.17) is 0 Å². The van der Waals surface area contributed by atoms with E-state index in [2.05, 4.69) is 47.6 Å². The zero-order chi connectivity index (χ0) is 26.5. The van der Waals surface area contributed by atoms with Crippen molar-refractivity contribution in [2.24, 2.45) is 69.0 Å². The highest BCUT2D eigenvalue weighted by molar-refractivity contribution is 5.71. The van der Waals surface area contributed by atoms with Gasteiger partial charge in [-0.3, -0.25) is 4.79 Å². The fourth-order valence-electron chi connectivity index (χ4n) is 12.9. The first-order chi connectivity index (χ1) is 17.3. The summed E-state index contributed by atoms with van der Waals surface area (Å²) in [6, 6.07) is 0. The third kappa shape index (κ3) is 3.71. The normalized spacial score (nSPS) is 51.5. The summed E-state index contributed by atoms with van der Waals surface area (Å²) in [4.78, 5) is 12.9. The lowest BCUT2D eigenvalue weighted by Crippen LogP contribution is -2.51. The van der Waals surface area contributed by atoms with Gasteiger partial charge in [0.15, 0.2) is 0 Å². The minimum Gasteiger partial charge on any atom is -0.481 e. The number of fused-ring (bicyclic) bond motifs is 7. The molecular weight excluding hydrogens is 456 g/mol. The van der Waals surface area contributed by atoms with Crippen LogP contribution in [0.2, 0.25) is 0 Å². The Labute approximate surface area is 226 Å². The predicted molar refractivity (Wildman–Crippen MR) is 149 cm³/mol. The lowest BCUT2D eigenvalue weighted by atomic mass is 9.47. The van der Waals surface area contributed by atoms with Gasteiger partial charge in [-0.2, -0.15) is 0 Å². The molecule has 6 aliphatic rings. The van der Waals surface area contributed by atoms with Gasteiger partial charge in [0.1, 0.15) is 0 Å². The number of carbonyl (C=O) groups is 1. The molecule has 0 amide bonds. The van der Waals surface area contributed by atoms with E-state index in [9.17, 15) is 15.0 Å². The van der Waals surface area contributed by atoms with Crippen molar-refractivity contribution < 1.29 is 15.0 Å². The van der Waals surface area contributed by atoms with Crippen LogP contribution in [0.25, 0.3) is 0 Å². The van der Waals surface area contributed by atoms with E-state index >= 15 is 0 Å². The van der Waals surface area contributed by atoms with E-state index in [1.807, 2.05) is 0 Å². The van der Waals surface area contributed by atoms with Gasteiger partial charge in [0, 0.05) is 0 Å². The molecule has 37 heavy (non-hydrogen) atoms. The number of rotatable bonds is 5. The Morgan fingerprint density at radius 1 is 1.00 bits per heavy atom. The van der Waals surface area contributed by atoms with Crippen molar-refractivity contribution in [1.82, 2.24) is 0 Å². The van der Waals surface area contributed by atoms with Crippen molar-refractivity contribution in [3.05, 3.63) is 11.6 Å². The summed E-state index contributed by atoms with van der Waals surface area (Å²) >= 11 is 0. The van der Waals surface area contributed by atoms with Gasteiger partial charge in [0.25, 0.3) is 0 Å². The van der Waals surface area contributed by atoms with Crippen LogP contribution in [-0.4, -0.2) is 22.3 Å². The molecule has 5 fully saturated rings. The molecule has 2 bridgehead atoms. The Bertz CT molecular complexity index is 961. The molecule has 3 heteroatoms. The molecule has 0 aliphatic heterocycles. The number of carboxylic acid groups (broad SMARTS) is 1. The van der Waals surface area contributed by atoms with Gasteiger partial charge in [-0.15, -0.1) is 0 Å². The number of allylic oxidation sites excluding steroid dienone is 1. The molecule has 12 atom stereocenters. The Balaban J connectivity index is 1.22. The second kappa shape index (κ2) is 8.58. The van der Waals surface area contributed by atoms with Crippen LogP contribution in [0, 0.1) is 69.0 Å². The summed E-state index contributed by atoms with van der Waals surface area (Å²) in [7, 11) is 0. The van der Waals surface area contributed by atoms with Crippen LogP contribution in [0.1, 0.15) is 119 Å². The third-order valence-electron chi connectivity index (χ3n) is 14.6. The first kappa shape index (κ1) is 26.4. The van der Waals surface area contributed by atoms with Gasteiger partial charge >= 0.3 is 5.97 Å². The van der Waals surface area contributed by atoms with E-state index in [1.165, 1.54) is 51.4 Å². The van der Waals surface area contributed by atoms with E-state index in [1.54, 1.807) is 5.57 Å². The molecule has 5 saturated carbocycles. The lowest BCUT2D eigenvalue weighted by Gasteiger charge is -2.58. The molecule has 4 unspecified atom stereocenters. The summed E-state index contributed by atoms with van der Waals surface area (Å²) < 4.78 is 0. The molecule has 0 saturated heterocycles. The summed E-state index contributed by atoms with van der Waals surface area (Å²) in [5.74, 6) is 3.74. The fourth-order valence-corrected chi connectivity index (χ4v) is 12.9. The maximum atomic E-state index is 12.9. The number of aliphatic carboxylic acids is 1. The van der Waals surface area contributed by atoms with E-state index in [0.717, 1.165) is 43.4 Å². The highest BCUT2D eigenvalue weighted by atomic mass is 16.4. The Hall–Kier alpha value is -0.830. The zero-order valence-corrected chi connectivity index (χ0v) is 24.6. The molecule has 0 aromatic rings. The average molecular weight is 511 g/mol. The van der Waals surface area contributed by atoms with Gasteiger partial charge < -0.3 is 10.2 Å². The standard InChI is InChI=1S/C34H54O3/c1-20(17-25(30(36)37)29-31(2,3)22-11-14-32(29,4)19-22)26-9-10-27-24-8-7-21-18-23(35)12-15-33(21,5)28(24)13-16-34(26,27)6/h7,20,22-29,35H,8-19H2,1-6H3,(H,36,37)/t20-,22?,23+,24+,25?,26-,27+,28+,29?,32?,33+,34-/m1/s1. The molecule has 208 valence electrons. The smallest absolute Gasteiger partial charge is 0.306 e. The molecule has 2 N–H and O–H groups in total. The van der Waals surface area contributed by atoms with Crippen LogP contribution in [0.4, 0.5) is 0 Å².